The summed E-state index contributed by atoms with van der Waals surface area (Å²) in [4.78, 5) is 3.40. The summed E-state index contributed by atoms with van der Waals surface area (Å²) < 4.78 is 0. The van der Waals surface area contributed by atoms with Gasteiger partial charge in [-0.1, -0.05) is 70.6 Å². The van der Waals surface area contributed by atoms with Crippen molar-refractivity contribution >= 4 is 35.3 Å². The maximum absolute atomic E-state index is 3.40. The zero-order valence-electron chi connectivity index (χ0n) is 37.1. The minimum absolute atomic E-state index is 0.916. The van der Waals surface area contributed by atoms with Gasteiger partial charge in [0.2, 0.25) is 0 Å². The number of rotatable bonds is 6. The molecule has 0 amide bonds. The maximum Gasteiger partial charge on any atom is 0.0123 e. The highest BCUT2D eigenvalue weighted by atomic mass is 32.2. The van der Waals surface area contributed by atoms with Crippen LogP contribution in [0.15, 0.2) is 0 Å². The van der Waals surface area contributed by atoms with Crippen molar-refractivity contribution in [2.24, 2.45) is 71.0 Å². The molecule has 12 fully saturated rings. The van der Waals surface area contributed by atoms with Crippen LogP contribution in [-0.2, 0) is 0 Å². The Labute approximate surface area is 370 Å². The Morgan fingerprint density at radius 1 is 0.241 bits per heavy atom. The summed E-state index contributed by atoms with van der Waals surface area (Å²) >= 11 is 7.76. The summed E-state index contributed by atoms with van der Waals surface area (Å²) in [5.41, 5.74) is 0. The van der Waals surface area contributed by atoms with Crippen molar-refractivity contribution in [3.63, 3.8) is 0 Å². The summed E-state index contributed by atoms with van der Waals surface area (Å²) in [6.45, 7) is 0. The minimum Gasteiger partial charge on any atom is -0.294 e. The molecule has 1 nitrogen and oxygen atoms in total. The van der Waals surface area contributed by atoms with Crippen LogP contribution in [0, 0.1) is 71.0 Å². The Balaban J connectivity index is 0.717. The van der Waals surface area contributed by atoms with Crippen molar-refractivity contribution in [3.8, 4) is 0 Å². The number of fused-ring (bicyclic) bond motifs is 10. The Morgan fingerprint density at radius 3 is 1.33 bits per heavy atom. The van der Waals surface area contributed by atoms with Crippen molar-refractivity contribution in [2.45, 2.75) is 262 Å². The van der Waals surface area contributed by atoms with Crippen LogP contribution in [0.25, 0.3) is 0 Å². The Bertz CT molecular complexity index is 1360. The summed E-state index contributed by atoms with van der Waals surface area (Å²) in [6, 6.07) is 2.75. The van der Waals surface area contributed by atoms with E-state index in [2.05, 4.69) is 40.2 Å². The van der Waals surface area contributed by atoms with Gasteiger partial charge in [-0.25, -0.2) is 0 Å². The van der Waals surface area contributed by atoms with Crippen LogP contribution in [0.3, 0.4) is 0 Å². The molecule has 9 aliphatic carbocycles. The summed E-state index contributed by atoms with van der Waals surface area (Å²) in [5.74, 6) is 13.0. The van der Waals surface area contributed by atoms with Gasteiger partial charge < -0.3 is 0 Å². The molecule has 4 heteroatoms. The first kappa shape index (κ1) is 40.5. The van der Waals surface area contributed by atoms with Crippen LogP contribution in [0.5, 0.6) is 0 Å². The molecule has 3 aliphatic heterocycles. The average molecular weight is 846 g/mol. The first-order valence-corrected chi connectivity index (χ1v) is 30.3. The van der Waals surface area contributed by atoms with E-state index in [0.717, 1.165) is 121 Å². The number of hydrogen-bond donors (Lipinski definition) is 0. The Hall–Kier alpha value is 1.01. The van der Waals surface area contributed by atoms with Crippen molar-refractivity contribution < 1.29 is 0 Å². The van der Waals surface area contributed by atoms with Gasteiger partial charge in [-0.3, -0.25) is 4.90 Å². The lowest BCUT2D eigenvalue weighted by atomic mass is 9.62. The lowest BCUT2D eigenvalue weighted by molar-refractivity contribution is -0.0126. The third-order valence-corrected chi connectivity index (χ3v) is 27.7. The van der Waals surface area contributed by atoms with Gasteiger partial charge in [-0.15, -0.1) is 0 Å². The zero-order valence-corrected chi connectivity index (χ0v) is 39.6. The molecule has 12 aliphatic rings. The first-order chi connectivity index (χ1) is 28.7. The van der Waals surface area contributed by atoms with E-state index in [-0.39, 0.29) is 0 Å². The number of nitrogens with zero attached hydrogens (tertiary/aromatic N) is 1. The highest BCUT2D eigenvalue weighted by Crippen LogP contribution is 2.66. The van der Waals surface area contributed by atoms with E-state index in [9.17, 15) is 0 Å². The van der Waals surface area contributed by atoms with Crippen LogP contribution < -0.4 is 0 Å². The predicted octanol–water partition coefficient (Wildman–Crippen LogP) is 15.2. The summed E-state index contributed by atoms with van der Waals surface area (Å²) in [6.07, 6.45) is 51.8. The van der Waals surface area contributed by atoms with Gasteiger partial charge in [-0.05, 0) is 212 Å². The molecule has 58 heavy (non-hydrogen) atoms. The van der Waals surface area contributed by atoms with E-state index < -0.39 is 0 Å². The second-order valence-electron chi connectivity index (χ2n) is 24.2. The molecule has 0 aromatic carbocycles. The molecule has 9 saturated carbocycles. The second kappa shape index (κ2) is 17.8. The number of thioether (sulfide) groups is 3. The topological polar surface area (TPSA) is 3.24 Å². The molecular formula is C54H87NS3. The number of hydrogen-bond acceptors (Lipinski definition) is 4. The quantitative estimate of drug-likeness (QED) is 0.262. The molecule has 14 atom stereocenters. The van der Waals surface area contributed by atoms with Gasteiger partial charge in [-0.2, -0.15) is 35.3 Å². The standard InChI is InChI=1S/C54H87NS3/c1-2-10-34(11-3-1)35-20-26-38(27-21-35)55(39-28-22-36(23-29-39)41-14-8-16-44-43-12-4-6-18-48(43)57-52(41)44)40-30-24-37(25-31-40)42-15-9-17-45-46-32-33-50-51(54(46)58-53(42)45)47-13-5-7-19-49(47)56-50/h34-54H,1-33H2. The fraction of sp³-hybridized carbons (Fsp3) is 1.00. The normalized spacial score (nSPS) is 53.5. The Kier molecular flexibility index (Phi) is 12.4. The molecule has 3 saturated heterocycles. The lowest BCUT2D eigenvalue weighted by Gasteiger charge is -2.52. The molecule has 0 spiro atoms. The zero-order chi connectivity index (χ0) is 38.2. The van der Waals surface area contributed by atoms with Gasteiger partial charge in [0.15, 0.2) is 0 Å². The van der Waals surface area contributed by atoms with Crippen LogP contribution in [-0.4, -0.2) is 54.5 Å². The van der Waals surface area contributed by atoms with Crippen LogP contribution in [0.4, 0.5) is 0 Å². The van der Waals surface area contributed by atoms with Gasteiger partial charge in [0.25, 0.3) is 0 Å². The molecule has 14 unspecified atom stereocenters. The SMILES string of the molecule is C1CCC(C2CCC(N(C3CCC(C4CCCC5C6CCCCC6SC45)CC3)C3CCC(C4CCCC5C6CCC7SC8CCCCC8C7C6SC45)CC3)CC2)CC1. The molecule has 0 bridgehead atoms. The van der Waals surface area contributed by atoms with Gasteiger partial charge in [0.1, 0.15) is 0 Å². The van der Waals surface area contributed by atoms with Gasteiger partial charge in [0.05, 0.1) is 0 Å². The van der Waals surface area contributed by atoms with Crippen molar-refractivity contribution in [3.05, 3.63) is 0 Å². The maximum atomic E-state index is 3.40. The van der Waals surface area contributed by atoms with Crippen LogP contribution >= 0.6 is 35.3 Å². The van der Waals surface area contributed by atoms with E-state index in [1.165, 1.54) is 32.1 Å². The van der Waals surface area contributed by atoms with Gasteiger partial charge in [0, 0.05) is 49.6 Å². The van der Waals surface area contributed by atoms with Gasteiger partial charge >= 0.3 is 0 Å². The van der Waals surface area contributed by atoms with E-state index >= 15 is 0 Å². The molecule has 12 rings (SSSR count). The predicted molar refractivity (Wildman–Crippen MR) is 253 cm³/mol. The third kappa shape index (κ3) is 7.54. The van der Waals surface area contributed by atoms with Crippen molar-refractivity contribution in [1.29, 1.82) is 0 Å². The first-order valence-electron chi connectivity index (χ1n) is 27.5. The summed E-state index contributed by atoms with van der Waals surface area (Å²) in [5, 5.41) is 6.28. The summed E-state index contributed by atoms with van der Waals surface area (Å²) in [7, 11) is 0. The molecular weight excluding hydrogens is 759 g/mol. The lowest BCUT2D eigenvalue weighted by Crippen LogP contribution is -2.53. The minimum atomic E-state index is 0.916. The molecule has 0 aromatic rings. The average Bonchev–Trinajstić information content (AvgIpc) is 3.99. The fourth-order valence-corrected chi connectivity index (χ4v) is 26.6. The van der Waals surface area contributed by atoms with Crippen molar-refractivity contribution in [1.82, 2.24) is 4.90 Å². The fourth-order valence-electron chi connectivity index (χ4n) is 19.5. The second-order valence-corrected chi connectivity index (χ2v) is 28.5. The molecule has 0 radical (unpaired) electrons. The highest BCUT2D eigenvalue weighted by Gasteiger charge is 2.60. The molecule has 326 valence electrons. The van der Waals surface area contributed by atoms with Crippen molar-refractivity contribution in [2.75, 3.05) is 0 Å². The highest BCUT2D eigenvalue weighted by molar-refractivity contribution is 8.02. The largest absolute Gasteiger partial charge is 0.294 e. The smallest absolute Gasteiger partial charge is 0.0123 e. The van der Waals surface area contributed by atoms with E-state index in [4.69, 9.17) is 0 Å². The molecule has 0 N–H and O–H groups in total. The molecule has 0 aromatic heterocycles. The van der Waals surface area contributed by atoms with E-state index in [0.29, 0.717) is 0 Å². The Morgan fingerprint density at radius 2 is 0.690 bits per heavy atom. The van der Waals surface area contributed by atoms with Crippen LogP contribution in [0.1, 0.15) is 212 Å². The van der Waals surface area contributed by atoms with E-state index in [1.54, 1.807) is 180 Å². The monoisotopic (exact) mass is 846 g/mol. The molecule has 3 heterocycles. The van der Waals surface area contributed by atoms with E-state index in [1.807, 2.05) is 0 Å². The third-order valence-electron chi connectivity index (χ3n) is 22.0. The van der Waals surface area contributed by atoms with Crippen LogP contribution in [0.2, 0.25) is 0 Å².